The summed E-state index contributed by atoms with van der Waals surface area (Å²) in [5.41, 5.74) is 6.58. The molecular formula is C41H52N2O6. The number of esters is 1. The predicted molar refractivity (Wildman–Crippen MR) is 189 cm³/mol. The van der Waals surface area contributed by atoms with Crippen molar-refractivity contribution in [3.8, 4) is 11.1 Å². The summed E-state index contributed by atoms with van der Waals surface area (Å²) >= 11 is 0. The van der Waals surface area contributed by atoms with Crippen LogP contribution in [0.25, 0.3) is 11.1 Å². The molecule has 3 aromatic rings. The number of benzene rings is 3. The Morgan fingerprint density at radius 3 is 2.39 bits per heavy atom. The average molecular weight is 669 g/mol. The Hall–Kier alpha value is -3.56. The molecule has 3 fully saturated rings. The number of hydrogen-bond acceptors (Lipinski definition) is 7. The van der Waals surface area contributed by atoms with E-state index in [2.05, 4.69) is 80.4 Å². The minimum Gasteiger partial charge on any atom is -0.453 e. The van der Waals surface area contributed by atoms with Gasteiger partial charge in [-0.25, -0.2) is 0 Å². The molecule has 6 rings (SSSR count). The molecule has 3 aliphatic rings. The molecule has 2 N–H and O–H groups in total. The number of nitrogens with one attached hydrogen (secondary N) is 1. The molecule has 8 nitrogen and oxygen atoms in total. The molecule has 2 aliphatic heterocycles. The second-order valence-electron chi connectivity index (χ2n) is 15.8. The summed E-state index contributed by atoms with van der Waals surface area (Å²) in [7, 11) is 0. The van der Waals surface area contributed by atoms with E-state index in [0.29, 0.717) is 23.4 Å². The van der Waals surface area contributed by atoms with Gasteiger partial charge in [0.1, 0.15) is 0 Å². The molecule has 2 saturated heterocycles. The first-order chi connectivity index (χ1) is 23.3. The monoisotopic (exact) mass is 668 g/mol. The number of hydrogen-bond donors (Lipinski definition) is 2. The number of aliphatic hydroxyl groups is 1. The summed E-state index contributed by atoms with van der Waals surface area (Å²) in [4.78, 5) is 26.3. The quantitative estimate of drug-likeness (QED) is 0.223. The van der Waals surface area contributed by atoms with E-state index in [-0.39, 0.29) is 30.6 Å². The van der Waals surface area contributed by atoms with Crippen LogP contribution in [0, 0.1) is 16.7 Å². The molecule has 7 atom stereocenters. The van der Waals surface area contributed by atoms with Crippen LogP contribution in [0.3, 0.4) is 0 Å². The Balaban J connectivity index is 1.23. The summed E-state index contributed by atoms with van der Waals surface area (Å²) in [5.74, 6) is -0.705. The van der Waals surface area contributed by atoms with Gasteiger partial charge in [0, 0.05) is 44.1 Å². The molecule has 7 unspecified atom stereocenters. The normalized spacial score (nSPS) is 28.5. The van der Waals surface area contributed by atoms with Gasteiger partial charge in [-0.05, 0) is 77.0 Å². The third kappa shape index (κ3) is 8.26. The molecule has 8 heteroatoms. The van der Waals surface area contributed by atoms with Crippen LogP contribution in [-0.4, -0.2) is 53.2 Å². The summed E-state index contributed by atoms with van der Waals surface area (Å²) in [6, 6.07) is 25.0. The van der Waals surface area contributed by atoms with Gasteiger partial charge in [0.25, 0.3) is 5.91 Å². The van der Waals surface area contributed by atoms with Crippen molar-refractivity contribution in [1.82, 2.24) is 10.2 Å². The van der Waals surface area contributed by atoms with E-state index in [1.165, 1.54) is 26.2 Å². The zero-order valence-corrected chi connectivity index (χ0v) is 29.8. The lowest BCUT2D eigenvalue weighted by Gasteiger charge is -2.43. The number of likely N-dealkylation sites (tertiary alicyclic amines) is 1. The maximum Gasteiger partial charge on any atom is 0.303 e. The van der Waals surface area contributed by atoms with Crippen molar-refractivity contribution >= 4 is 11.9 Å². The number of nitrogens with zero attached hydrogens (tertiary/aromatic N) is 1. The zero-order chi connectivity index (χ0) is 34.9. The van der Waals surface area contributed by atoms with Crippen LogP contribution in [0.1, 0.15) is 95.5 Å². The van der Waals surface area contributed by atoms with Gasteiger partial charge in [-0.3, -0.25) is 14.5 Å². The Labute approximate surface area is 291 Å². The van der Waals surface area contributed by atoms with Gasteiger partial charge in [-0.1, -0.05) is 88.4 Å². The number of amides is 1. The third-order valence-corrected chi connectivity index (χ3v) is 10.7. The second-order valence-corrected chi connectivity index (χ2v) is 15.8. The second kappa shape index (κ2) is 14.4. The fraction of sp³-hybridized carbons (Fsp3) is 0.512. The predicted octanol–water partition coefficient (Wildman–Crippen LogP) is 7.11. The molecule has 1 saturated carbocycles. The first-order valence-electron chi connectivity index (χ1n) is 17.7. The van der Waals surface area contributed by atoms with Crippen molar-refractivity contribution in [2.24, 2.45) is 16.7 Å². The molecule has 3 aromatic carbocycles. The molecule has 1 amide bonds. The first-order valence-corrected chi connectivity index (χ1v) is 17.7. The van der Waals surface area contributed by atoms with Gasteiger partial charge >= 0.3 is 5.97 Å². The lowest BCUT2D eigenvalue weighted by molar-refractivity contribution is -0.276. The molecule has 2 heterocycles. The van der Waals surface area contributed by atoms with Gasteiger partial charge in [0.15, 0.2) is 12.4 Å². The van der Waals surface area contributed by atoms with Crippen molar-refractivity contribution in [2.75, 3.05) is 13.1 Å². The van der Waals surface area contributed by atoms with Gasteiger partial charge in [-0.2, -0.15) is 0 Å². The number of ether oxygens (including phenoxy) is 3. The van der Waals surface area contributed by atoms with Crippen LogP contribution in [-0.2, 0) is 37.0 Å². The molecule has 1 aliphatic carbocycles. The van der Waals surface area contributed by atoms with Crippen LogP contribution < -0.4 is 5.32 Å². The van der Waals surface area contributed by atoms with E-state index in [0.717, 1.165) is 46.5 Å². The molecule has 262 valence electrons. The first kappa shape index (κ1) is 35.3. The Bertz CT molecular complexity index is 1640. The lowest BCUT2D eigenvalue weighted by Crippen LogP contribution is -2.46. The number of carbonyl (C=O) groups is 2. The van der Waals surface area contributed by atoms with Crippen LogP contribution in [0.5, 0.6) is 0 Å². The van der Waals surface area contributed by atoms with E-state index in [4.69, 9.17) is 14.2 Å². The fourth-order valence-electron chi connectivity index (χ4n) is 8.71. The molecule has 0 aromatic heterocycles. The van der Waals surface area contributed by atoms with Crippen molar-refractivity contribution < 1.29 is 28.9 Å². The fourth-order valence-corrected chi connectivity index (χ4v) is 8.71. The van der Waals surface area contributed by atoms with E-state index in [9.17, 15) is 14.7 Å². The van der Waals surface area contributed by atoms with E-state index < -0.39 is 18.4 Å². The van der Waals surface area contributed by atoms with Gasteiger partial charge in [0.05, 0.1) is 18.8 Å². The topological polar surface area (TPSA) is 97.3 Å². The standard InChI is InChI=1S/C41H52N2O6/c1-26-36(22-43-25-41(6)20-35(43)19-40(4,5)24-41)48-39(49-37(26)31-15-13-29(23-44)14-16-31)34-12-8-11-33(18-34)32-10-7-9-30(17-32)21-42-38(46)27(2)47-28(3)45/h7-18,26-27,35-37,39,44H,19-25H2,1-6H3,(H,42,46). The minimum absolute atomic E-state index is 0.00888. The zero-order valence-electron chi connectivity index (χ0n) is 29.8. The highest BCUT2D eigenvalue weighted by atomic mass is 16.7. The number of carbonyl (C=O) groups excluding carboxylic acids is 2. The van der Waals surface area contributed by atoms with E-state index in [1.807, 2.05) is 30.3 Å². The summed E-state index contributed by atoms with van der Waals surface area (Å²) < 4.78 is 18.7. The van der Waals surface area contributed by atoms with Crippen molar-refractivity contribution in [3.63, 3.8) is 0 Å². The van der Waals surface area contributed by atoms with Crippen LogP contribution in [0.15, 0.2) is 72.8 Å². The molecule has 0 spiro atoms. The summed E-state index contributed by atoms with van der Waals surface area (Å²) in [6.07, 6.45) is 2.12. The van der Waals surface area contributed by atoms with Crippen LogP contribution in [0.2, 0.25) is 0 Å². The van der Waals surface area contributed by atoms with Crippen molar-refractivity contribution in [2.45, 2.75) is 105 Å². The molecular weight excluding hydrogens is 616 g/mol. The summed E-state index contributed by atoms with van der Waals surface area (Å²) in [6.45, 7) is 14.7. The summed E-state index contributed by atoms with van der Waals surface area (Å²) in [5, 5.41) is 12.5. The Kier molecular flexibility index (Phi) is 10.3. The van der Waals surface area contributed by atoms with E-state index in [1.54, 1.807) is 6.92 Å². The lowest BCUT2D eigenvalue weighted by atomic mass is 9.65. The molecule has 2 bridgehead atoms. The van der Waals surface area contributed by atoms with E-state index >= 15 is 0 Å². The van der Waals surface area contributed by atoms with Crippen LogP contribution in [0.4, 0.5) is 0 Å². The maximum absolute atomic E-state index is 12.4. The van der Waals surface area contributed by atoms with Crippen molar-refractivity contribution in [3.05, 3.63) is 95.1 Å². The van der Waals surface area contributed by atoms with Crippen molar-refractivity contribution in [1.29, 1.82) is 0 Å². The van der Waals surface area contributed by atoms with Gasteiger partial charge in [0.2, 0.25) is 0 Å². The highest BCUT2D eigenvalue weighted by molar-refractivity contribution is 5.82. The smallest absolute Gasteiger partial charge is 0.303 e. The highest BCUT2D eigenvalue weighted by Gasteiger charge is 2.51. The largest absolute Gasteiger partial charge is 0.453 e. The third-order valence-electron chi connectivity index (χ3n) is 10.7. The number of aliphatic hydroxyl groups excluding tert-OH is 1. The average Bonchev–Trinajstić information content (AvgIpc) is 3.31. The SMILES string of the molecule is CC(=O)OC(C)C(=O)NCc1cccc(-c2cccc(C3OC(CN4CC5(C)CC4CC(C)(C)C5)C(C)C(c4ccc(CO)cc4)O3)c2)c1. The maximum atomic E-state index is 12.4. The minimum atomic E-state index is -0.851. The Morgan fingerprint density at radius 1 is 0.959 bits per heavy atom. The molecule has 0 radical (unpaired) electrons. The van der Waals surface area contributed by atoms with Gasteiger partial charge in [-0.15, -0.1) is 0 Å². The Morgan fingerprint density at radius 2 is 1.67 bits per heavy atom. The highest BCUT2D eigenvalue weighted by Crippen LogP contribution is 2.53. The van der Waals surface area contributed by atoms with Crippen LogP contribution >= 0.6 is 0 Å². The number of rotatable bonds is 10. The van der Waals surface area contributed by atoms with Gasteiger partial charge < -0.3 is 24.6 Å². The molecule has 49 heavy (non-hydrogen) atoms. The number of fused-ring (bicyclic) bond motifs is 2.